The molecule has 0 spiro atoms. The van der Waals surface area contributed by atoms with Gasteiger partial charge in [-0.3, -0.25) is 9.69 Å². The Bertz CT molecular complexity index is 947. The third-order valence-electron chi connectivity index (χ3n) is 4.95. The molecule has 0 bridgehead atoms. The number of likely N-dealkylation sites (tertiary alicyclic amines) is 1. The molecule has 1 aliphatic heterocycles. The minimum absolute atomic E-state index is 0.0183. The second-order valence-corrected chi connectivity index (χ2v) is 7.32. The Labute approximate surface area is 168 Å². The van der Waals surface area contributed by atoms with Gasteiger partial charge < -0.3 is 9.73 Å². The van der Waals surface area contributed by atoms with Crippen LogP contribution in [0.1, 0.15) is 40.8 Å². The molecule has 1 N–H and O–H groups in total. The summed E-state index contributed by atoms with van der Waals surface area (Å²) >= 11 is 6.04. The fourth-order valence-corrected chi connectivity index (χ4v) is 3.71. The van der Waals surface area contributed by atoms with E-state index in [1.54, 1.807) is 25.3 Å². The first-order valence-corrected chi connectivity index (χ1v) is 9.75. The van der Waals surface area contributed by atoms with E-state index in [-0.39, 0.29) is 11.9 Å². The van der Waals surface area contributed by atoms with Crippen LogP contribution in [-0.2, 0) is 0 Å². The number of hydrogen-bond acceptors (Lipinski definition) is 5. The van der Waals surface area contributed by atoms with Crippen LogP contribution in [0.2, 0.25) is 5.02 Å². The topological polar surface area (TPSA) is 76.2 Å². The highest BCUT2D eigenvalue weighted by Gasteiger charge is 2.27. The number of nitrogens with one attached hydrogen (secondary N) is 1. The molecule has 1 unspecified atom stereocenters. The Hall–Kier alpha value is -2.64. The van der Waals surface area contributed by atoms with Crippen molar-refractivity contribution in [2.45, 2.75) is 25.8 Å². The van der Waals surface area contributed by atoms with E-state index in [9.17, 15) is 4.79 Å². The zero-order chi connectivity index (χ0) is 19.5. The lowest BCUT2D eigenvalue weighted by atomic mass is 10.2. The van der Waals surface area contributed by atoms with E-state index < -0.39 is 0 Å². The zero-order valence-corrected chi connectivity index (χ0v) is 16.4. The lowest BCUT2D eigenvalue weighted by molar-refractivity contribution is 0.0927. The van der Waals surface area contributed by atoms with Crippen LogP contribution in [0.25, 0.3) is 5.69 Å². The third-order valence-corrected chi connectivity index (χ3v) is 5.18. The summed E-state index contributed by atoms with van der Waals surface area (Å²) in [6, 6.07) is 11.0. The summed E-state index contributed by atoms with van der Waals surface area (Å²) in [6.45, 7) is 4.24. The van der Waals surface area contributed by atoms with E-state index in [1.807, 2.05) is 24.3 Å². The normalized spacial score (nSPS) is 15.6. The molecular formula is C20H22ClN5O2. The molecule has 3 aromatic rings. The van der Waals surface area contributed by atoms with Gasteiger partial charge in [0.1, 0.15) is 5.76 Å². The SMILES string of the molecule is Cc1nn(-c2cccc(Cl)c2)nc1C(=O)NCC(c1ccco1)N1CCCC1. The van der Waals surface area contributed by atoms with Crippen LogP contribution in [0.5, 0.6) is 0 Å². The van der Waals surface area contributed by atoms with Crippen LogP contribution in [0, 0.1) is 6.92 Å². The number of aromatic nitrogens is 3. The average molecular weight is 400 g/mol. The van der Waals surface area contributed by atoms with Crippen molar-refractivity contribution in [2.24, 2.45) is 0 Å². The summed E-state index contributed by atoms with van der Waals surface area (Å²) < 4.78 is 5.61. The number of benzene rings is 1. The van der Waals surface area contributed by atoms with E-state index in [2.05, 4.69) is 20.4 Å². The number of nitrogens with zero attached hydrogens (tertiary/aromatic N) is 4. The van der Waals surface area contributed by atoms with Gasteiger partial charge in [0.05, 0.1) is 23.7 Å². The number of rotatable bonds is 6. The van der Waals surface area contributed by atoms with Crippen LogP contribution in [0.3, 0.4) is 0 Å². The minimum atomic E-state index is -0.249. The molecule has 1 atom stereocenters. The highest BCUT2D eigenvalue weighted by atomic mass is 35.5. The minimum Gasteiger partial charge on any atom is -0.468 e. The molecule has 4 rings (SSSR count). The fourth-order valence-electron chi connectivity index (χ4n) is 3.52. The average Bonchev–Trinajstić information content (AvgIpc) is 3.44. The summed E-state index contributed by atoms with van der Waals surface area (Å²) in [7, 11) is 0. The van der Waals surface area contributed by atoms with Crippen LogP contribution in [-0.4, -0.2) is 45.4 Å². The van der Waals surface area contributed by atoms with Crippen molar-refractivity contribution in [3.8, 4) is 5.69 Å². The van der Waals surface area contributed by atoms with E-state index >= 15 is 0 Å². The molecule has 1 saturated heterocycles. The van der Waals surface area contributed by atoms with Crippen molar-refractivity contribution in [2.75, 3.05) is 19.6 Å². The van der Waals surface area contributed by atoms with Crippen LogP contribution >= 0.6 is 11.6 Å². The molecule has 3 heterocycles. The summed E-state index contributed by atoms with van der Waals surface area (Å²) in [5.41, 5.74) is 1.58. The van der Waals surface area contributed by atoms with Gasteiger partial charge in [0.2, 0.25) is 0 Å². The zero-order valence-electron chi connectivity index (χ0n) is 15.6. The molecule has 1 amide bonds. The molecule has 0 radical (unpaired) electrons. The monoisotopic (exact) mass is 399 g/mol. The van der Waals surface area contributed by atoms with Gasteiger partial charge in [0.25, 0.3) is 5.91 Å². The lowest BCUT2D eigenvalue weighted by Crippen LogP contribution is -2.37. The third kappa shape index (κ3) is 3.95. The van der Waals surface area contributed by atoms with Gasteiger partial charge in [0, 0.05) is 11.6 Å². The first kappa shape index (κ1) is 18.7. The van der Waals surface area contributed by atoms with Gasteiger partial charge >= 0.3 is 0 Å². The van der Waals surface area contributed by atoms with Crippen molar-refractivity contribution in [3.05, 3.63) is 64.8 Å². The Balaban J connectivity index is 1.48. The van der Waals surface area contributed by atoms with Gasteiger partial charge in [-0.05, 0) is 63.2 Å². The number of carbonyl (C=O) groups is 1. The fraction of sp³-hybridized carbons (Fsp3) is 0.350. The molecule has 0 saturated carbocycles. The second kappa shape index (κ2) is 8.16. The second-order valence-electron chi connectivity index (χ2n) is 6.89. The Kier molecular flexibility index (Phi) is 5.45. The van der Waals surface area contributed by atoms with Crippen molar-refractivity contribution >= 4 is 17.5 Å². The Morgan fingerprint density at radius 1 is 1.25 bits per heavy atom. The smallest absolute Gasteiger partial charge is 0.273 e. The van der Waals surface area contributed by atoms with Gasteiger partial charge in [-0.1, -0.05) is 17.7 Å². The first-order valence-electron chi connectivity index (χ1n) is 9.37. The summed E-state index contributed by atoms with van der Waals surface area (Å²) in [5.74, 6) is 0.614. The van der Waals surface area contributed by atoms with Crippen LogP contribution in [0.15, 0.2) is 47.1 Å². The lowest BCUT2D eigenvalue weighted by Gasteiger charge is -2.25. The predicted molar refractivity (Wildman–Crippen MR) is 106 cm³/mol. The van der Waals surface area contributed by atoms with Crippen molar-refractivity contribution in [1.82, 2.24) is 25.2 Å². The van der Waals surface area contributed by atoms with Crippen LogP contribution < -0.4 is 5.32 Å². The number of carbonyl (C=O) groups excluding carboxylic acids is 1. The van der Waals surface area contributed by atoms with E-state index in [0.717, 1.165) is 31.7 Å². The number of hydrogen-bond donors (Lipinski definition) is 1. The molecule has 1 aliphatic rings. The largest absolute Gasteiger partial charge is 0.468 e. The maximum absolute atomic E-state index is 12.8. The molecule has 1 fully saturated rings. The van der Waals surface area contributed by atoms with Gasteiger partial charge in [-0.15, -0.1) is 5.10 Å². The molecule has 2 aromatic heterocycles. The molecule has 0 aliphatic carbocycles. The standard InChI is InChI=1S/C20H22ClN5O2/c1-14-19(24-26(23-14)16-7-4-6-15(21)12-16)20(27)22-13-17(18-8-5-11-28-18)25-9-2-3-10-25/h4-8,11-12,17H,2-3,9-10,13H2,1H3,(H,22,27). The number of halogens is 1. The van der Waals surface area contributed by atoms with Gasteiger partial charge in [-0.2, -0.15) is 9.90 Å². The van der Waals surface area contributed by atoms with Crippen molar-refractivity contribution in [1.29, 1.82) is 0 Å². The van der Waals surface area contributed by atoms with E-state index in [1.165, 1.54) is 4.80 Å². The van der Waals surface area contributed by atoms with Gasteiger partial charge in [0.15, 0.2) is 5.69 Å². The Morgan fingerprint density at radius 3 is 2.79 bits per heavy atom. The summed E-state index contributed by atoms with van der Waals surface area (Å²) in [6.07, 6.45) is 4.00. The van der Waals surface area contributed by atoms with Crippen molar-refractivity contribution < 1.29 is 9.21 Å². The molecule has 8 heteroatoms. The maximum Gasteiger partial charge on any atom is 0.273 e. The summed E-state index contributed by atoms with van der Waals surface area (Å²) in [5, 5.41) is 12.3. The van der Waals surface area contributed by atoms with E-state index in [4.69, 9.17) is 16.0 Å². The van der Waals surface area contributed by atoms with Crippen LogP contribution in [0.4, 0.5) is 0 Å². The van der Waals surface area contributed by atoms with Crippen molar-refractivity contribution in [3.63, 3.8) is 0 Å². The molecule has 28 heavy (non-hydrogen) atoms. The number of furan rings is 1. The quantitative estimate of drug-likeness (QED) is 0.687. The summed E-state index contributed by atoms with van der Waals surface area (Å²) in [4.78, 5) is 16.5. The first-order chi connectivity index (χ1) is 13.6. The maximum atomic E-state index is 12.8. The van der Waals surface area contributed by atoms with Gasteiger partial charge in [-0.25, -0.2) is 0 Å². The molecule has 146 valence electrons. The number of aryl methyl sites for hydroxylation is 1. The van der Waals surface area contributed by atoms with E-state index in [0.29, 0.717) is 28.6 Å². The molecule has 7 nitrogen and oxygen atoms in total. The Morgan fingerprint density at radius 2 is 2.07 bits per heavy atom. The highest BCUT2D eigenvalue weighted by molar-refractivity contribution is 6.30. The molecular weight excluding hydrogens is 378 g/mol. The molecule has 1 aromatic carbocycles. The highest BCUT2D eigenvalue weighted by Crippen LogP contribution is 2.25. The number of amides is 1. The predicted octanol–water partition coefficient (Wildman–Crippen LogP) is 3.39.